The van der Waals surface area contributed by atoms with Gasteiger partial charge in [0, 0.05) is 13.1 Å². The summed E-state index contributed by atoms with van der Waals surface area (Å²) in [5.41, 5.74) is 0. The summed E-state index contributed by atoms with van der Waals surface area (Å²) in [5, 5.41) is -12.2. The van der Waals surface area contributed by atoms with Gasteiger partial charge in [0.2, 0.25) is 0 Å². The van der Waals surface area contributed by atoms with Crippen molar-refractivity contribution in [2.45, 2.75) is 29.8 Å². The van der Waals surface area contributed by atoms with E-state index in [0.717, 1.165) is 0 Å². The molecule has 0 aromatic rings. The molecule has 0 aromatic heterocycles. The van der Waals surface area contributed by atoms with Crippen molar-refractivity contribution in [1.82, 2.24) is 4.31 Å². The van der Waals surface area contributed by atoms with Gasteiger partial charge in [-0.15, -0.1) is 0 Å². The van der Waals surface area contributed by atoms with E-state index in [1.807, 2.05) is 0 Å². The highest BCUT2D eigenvalue weighted by atomic mass is 32.2. The number of sulfonamides is 1. The zero-order chi connectivity index (χ0) is 15.1. The first kappa shape index (κ1) is 16.6. The number of alkyl halides is 4. The molecule has 0 bridgehead atoms. The Labute approximate surface area is 107 Å². The predicted octanol–water partition coefficient (Wildman–Crippen LogP) is 0.533. The quantitative estimate of drug-likeness (QED) is 0.554. The molecule has 0 spiro atoms. The topological polar surface area (TPSA) is 94.6 Å². The van der Waals surface area contributed by atoms with Crippen LogP contribution in [0.3, 0.4) is 0 Å². The molecule has 1 rings (SSSR count). The second-order valence-corrected chi connectivity index (χ2v) is 7.35. The van der Waals surface area contributed by atoms with Gasteiger partial charge in [-0.05, 0) is 12.8 Å². The van der Waals surface area contributed by atoms with Crippen molar-refractivity contribution in [3.63, 3.8) is 0 Å². The highest BCUT2D eigenvalue weighted by Crippen LogP contribution is 2.43. The number of piperidine rings is 1. The van der Waals surface area contributed by atoms with Crippen molar-refractivity contribution in [2.75, 3.05) is 13.1 Å². The molecule has 0 unspecified atom stereocenters. The van der Waals surface area contributed by atoms with E-state index in [0.29, 0.717) is 6.42 Å². The minimum absolute atomic E-state index is 0.0790. The molecule has 0 aliphatic carbocycles. The smallest absolute Gasteiger partial charge is 0.434 e. The summed E-state index contributed by atoms with van der Waals surface area (Å²) in [6.07, 6.45) is 0.907. The van der Waals surface area contributed by atoms with Crippen LogP contribution in [0.15, 0.2) is 0 Å². The van der Waals surface area contributed by atoms with E-state index in [4.69, 9.17) is 0 Å². The van der Waals surface area contributed by atoms with Crippen molar-refractivity contribution in [1.29, 1.82) is 0 Å². The largest absolute Gasteiger partial charge is 0.743 e. The summed E-state index contributed by atoms with van der Waals surface area (Å²) in [7, 11) is -12.8. The van der Waals surface area contributed by atoms with Gasteiger partial charge < -0.3 is 4.55 Å². The molecule has 0 radical (unpaired) electrons. The zero-order valence-electron chi connectivity index (χ0n) is 9.35. The Morgan fingerprint density at radius 1 is 0.842 bits per heavy atom. The van der Waals surface area contributed by atoms with E-state index in [1.54, 1.807) is 0 Å². The van der Waals surface area contributed by atoms with Gasteiger partial charge in [-0.2, -0.15) is 21.9 Å². The lowest BCUT2D eigenvalue weighted by molar-refractivity contribution is -0.105. The third-order valence-electron chi connectivity index (χ3n) is 2.63. The van der Waals surface area contributed by atoms with Gasteiger partial charge in [-0.25, -0.2) is 16.8 Å². The lowest BCUT2D eigenvalue weighted by Gasteiger charge is -2.33. The second-order valence-electron chi connectivity index (χ2n) is 3.95. The third-order valence-corrected chi connectivity index (χ3v) is 5.59. The monoisotopic (exact) mass is 328 g/mol. The van der Waals surface area contributed by atoms with Gasteiger partial charge >= 0.3 is 10.5 Å². The highest BCUT2D eigenvalue weighted by molar-refractivity contribution is 7.93. The van der Waals surface area contributed by atoms with Crippen molar-refractivity contribution >= 4 is 20.1 Å². The molecule has 1 aliphatic rings. The second kappa shape index (κ2) is 4.82. The number of hydrogen-bond donors (Lipinski definition) is 0. The molecule has 1 heterocycles. The molecule has 1 aliphatic heterocycles. The Kier molecular flexibility index (Phi) is 4.21. The average molecular weight is 328 g/mol. The Morgan fingerprint density at radius 2 is 1.26 bits per heavy atom. The van der Waals surface area contributed by atoms with Gasteiger partial charge in [0.1, 0.15) is 0 Å². The molecule has 1 fully saturated rings. The van der Waals surface area contributed by atoms with Crippen molar-refractivity contribution in [3.05, 3.63) is 0 Å². The molecule has 0 amide bonds. The zero-order valence-corrected chi connectivity index (χ0v) is 11.0. The van der Waals surface area contributed by atoms with Crippen LogP contribution in [-0.2, 0) is 20.1 Å². The number of rotatable bonds is 4. The maximum Gasteiger partial charge on any atom is 0.434 e. The van der Waals surface area contributed by atoms with Crippen molar-refractivity contribution < 1.29 is 39.0 Å². The lowest BCUT2D eigenvalue weighted by atomic mass is 10.2. The maximum atomic E-state index is 13.3. The SMILES string of the molecule is O=S(=O)([O-])C(F)(F)C(F)(F)S(=O)(=O)N1CCCCC1. The Hall–Kier alpha value is -0.460. The molecule has 0 saturated carbocycles. The molecule has 0 atom stereocenters. The number of nitrogens with zero attached hydrogens (tertiary/aromatic N) is 1. The fourth-order valence-electron chi connectivity index (χ4n) is 1.56. The highest BCUT2D eigenvalue weighted by Gasteiger charge is 2.71. The molecule has 114 valence electrons. The minimum Gasteiger partial charge on any atom is -0.743 e. The van der Waals surface area contributed by atoms with Gasteiger partial charge in [0.25, 0.3) is 10.0 Å². The van der Waals surface area contributed by atoms with E-state index in [9.17, 15) is 39.0 Å². The Bertz CT molecular complexity index is 538. The summed E-state index contributed by atoms with van der Waals surface area (Å²) in [6, 6.07) is 0. The van der Waals surface area contributed by atoms with Crippen molar-refractivity contribution in [2.24, 2.45) is 0 Å². The van der Waals surface area contributed by atoms with Crippen LogP contribution in [0.1, 0.15) is 19.3 Å². The average Bonchev–Trinajstić information content (AvgIpc) is 2.28. The fourth-order valence-corrected chi connectivity index (χ4v) is 3.84. The van der Waals surface area contributed by atoms with Crippen LogP contribution in [0.25, 0.3) is 0 Å². The van der Waals surface area contributed by atoms with Crippen molar-refractivity contribution in [3.8, 4) is 0 Å². The summed E-state index contributed by atoms with van der Waals surface area (Å²) < 4.78 is 106. The normalized spacial score (nSPS) is 20.5. The van der Waals surface area contributed by atoms with Gasteiger partial charge in [-0.1, -0.05) is 6.42 Å². The van der Waals surface area contributed by atoms with E-state index < -0.39 is 43.7 Å². The summed E-state index contributed by atoms with van der Waals surface area (Å²) in [4.78, 5) is 0. The molecular formula is C7H10F4NO5S2-. The molecule has 12 heteroatoms. The van der Waals surface area contributed by atoms with E-state index in [1.165, 1.54) is 0 Å². The minimum atomic E-state index is -6.82. The first-order chi connectivity index (χ1) is 8.36. The van der Waals surface area contributed by atoms with Crippen LogP contribution in [-0.4, -0.2) is 49.3 Å². The van der Waals surface area contributed by atoms with Gasteiger partial charge in [-0.3, -0.25) is 0 Å². The number of halogens is 4. The van der Waals surface area contributed by atoms with Gasteiger partial charge in [0.05, 0.1) is 0 Å². The van der Waals surface area contributed by atoms with Crippen LogP contribution >= 0.6 is 0 Å². The first-order valence-electron chi connectivity index (χ1n) is 5.06. The third kappa shape index (κ3) is 2.58. The fraction of sp³-hybridized carbons (Fsp3) is 1.00. The van der Waals surface area contributed by atoms with E-state index in [-0.39, 0.29) is 17.1 Å². The standard InChI is InChI=1S/C7H11F4NO5S2/c8-6(9,7(10,11)19(15,16)17)18(13,14)12-4-2-1-3-5-12/h1-5H2,(H,15,16,17)/p-1. The van der Waals surface area contributed by atoms with Gasteiger partial charge in [0.15, 0.2) is 10.1 Å². The van der Waals surface area contributed by atoms with E-state index in [2.05, 4.69) is 0 Å². The van der Waals surface area contributed by atoms with E-state index >= 15 is 0 Å². The summed E-state index contributed by atoms with van der Waals surface area (Å²) in [5.74, 6) is 0. The molecule has 0 aromatic carbocycles. The van der Waals surface area contributed by atoms with Crippen LogP contribution in [0.2, 0.25) is 0 Å². The van der Waals surface area contributed by atoms with Crippen LogP contribution in [0, 0.1) is 0 Å². The Balaban J connectivity index is 3.25. The maximum absolute atomic E-state index is 13.3. The molecule has 19 heavy (non-hydrogen) atoms. The predicted molar refractivity (Wildman–Crippen MR) is 53.9 cm³/mol. The summed E-state index contributed by atoms with van der Waals surface area (Å²) >= 11 is 0. The Morgan fingerprint density at radius 3 is 1.63 bits per heavy atom. The molecule has 6 nitrogen and oxygen atoms in total. The van der Waals surface area contributed by atoms with Crippen LogP contribution in [0.4, 0.5) is 17.6 Å². The number of hydrogen-bond acceptors (Lipinski definition) is 5. The van der Waals surface area contributed by atoms with Crippen LogP contribution in [0.5, 0.6) is 0 Å². The lowest BCUT2D eigenvalue weighted by Crippen LogP contribution is -2.57. The first-order valence-corrected chi connectivity index (χ1v) is 7.91. The summed E-state index contributed by atoms with van der Waals surface area (Å²) in [6.45, 7) is -0.847. The molecule has 0 N–H and O–H groups in total. The molecule has 1 saturated heterocycles. The molecular weight excluding hydrogens is 318 g/mol. The van der Waals surface area contributed by atoms with Crippen LogP contribution < -0.4 is 0 Å².